The number of rotatable bonds is 3. The molecule has 2 aromatic rings. The predicted octanol–water partition coefficient (Wildman–Crippen LogP) is 2.03. The lowest BCUT2D eigenvalue weighted by molar-refractivity contribution is 0.606. The lowest BCUT2D eigenvalue weighted by Crippen LogP contribution is -2.06. The Morgan fingerprint density at radius 2 is 2.12 bits per heavy atom. The molecule has 4 heteroatoms. The van der Waals surface area contributed by atoms with E-state index >= 15 is 0 Å². The van der Waals surface area contributed by atoms with Crippen LogP contribution in [0.5, 0.6) is 0 Å². The molecule has 0 fully saturated rings. The first-order chi connectivity index (χ1) is 7.77. The molecule has 1 heterocycles. The van der Waals surface area contributed by atoms with Crippen molar-refractivity contribution < 1.29 is 4.39 Å². The van der Waals surface area contributed by atoms with Crippen molar-refractivity contribution in [2.24, 2.45) is 5.73 Å². The molecule has 2 N–H and O–H groups in total. The third-order valence-electron chi connectivity index (χ3n) is 2.59. The van der Waals surface area contributed by atoms with E-state index in [-0.39, 0.29) is 5.82 Å². The van der Waals surface area contributed by atoms with Crippen LogP contribution in [0.25, 0.3) is 5.69 Å². The molecule has 84 valence electrons. The summed E-state index contributed by atoms with van der Waals surface area (Å²) in [5.41, 5.74) is 8.01. The van der Waals surface area contributed by atoms with E-state index in [1.54, 1.807) is 29.1 Å². The largest absolute Gasteiger partial charge is 0.326 e. The van der Waals surface area contributed by atoms with Gasteiger partial charge in [-0.1, -0.05) is 19.1 Å². The number of aromatic nitrogens is 2. The minimum absolute atomic E-state index is 0.274. The van der Waals surface area contributed by atoms with Crippen molar-refractivity contribution in [1.29, 1.82) is 0 Å². The molecule has 0 spiro atoms. The molecule has 0 aliphatic rings. The minimum Gasteiger partial charge on any atom is -0.326 e. The van der Waals surface area contributed by atoms with Crippen molar-refractivity contribution in [3.05, 3.63) is 47.5 Å². The van der Waals surface area contributed by atoms with E-state index in [4.69, 9.17) is 5.73 Å². The summed E-state index contributed by atoms with van der Waals surface area (Å²) in [5.74, 6) is -0.274. The first kappa shape index (κ1) is 10.8. The summed E-state index contributed by atoms with van der Waals surface area (Å²) in [7, 11) is 0. The fraction of sp³-hybridized carbons (Fsp3) is 0.250. The monoisotopic (exact) mass is 219 g/mol. The Kier molecular flexibility index (Phi) is 3.01. The van der Waals surface area contributed by atoms with Crippen LogP contribution >= 0.6 is 0 Å². The summed E-state index contributed by atoms with van der Waals surface area (Å²) in [4.78, 5) is 0. The van der Waals surface area contributed by atoms with Gasteiger partial charge in [0.2, 0.25) is 0 Å². The molecule has 0 radical (unpaired) electrons. The average Bonchev–Trinajstić information content (AvgIpc) is 2.72. The highest BCUT2D eigenvalue weighted by Crippen LogP contribution is 2.17. The first-order valence-corrected chi connectivity index (χ1v) is 5.28. The Morgan fingerprint density at radius 3 is 2.75 bits per heavy atom. The van der Waals surface area contributed by atoms with Gasteiger partial charge in [0, 0.05) is 17.8 Å². The molecular formula is C12H14FN3. The van der Waals surface area contributed by atoms with Crippen LogP contribution in [-0.4, -0.2) is 9.78 Å². The Morgan fingerprint density at radius 1 is 1.38 bits per heavy atom. The van der Waals surface area contributed by atoms with Crippen LogP contribution in [0, 0.1) is 5.82 Å². The zero-order chi connectivity index (χ0) is 11.5. The quantitative estimate of drug-likeness (QED) is 0.858. The zero-order valence-electron chi connectivity index (χ0n) is 9.15. The van der Waals surface area contributed by atoms with Crippen LogP contribution in [0.1, 0.15) is 18.2 Å². The molecule has 0 aliphatic carbocycles. The molecule has 0 aliphatic heterocycles. The van der Waals surface area contributed by atoms with Gasteiger partial charge >= 0.3 is 0 Å². The molecule has 1 aromatic carbocycles. The number of halogens is 1. The highest BCUT2D eigenvalue weighted by molar-refractivity contribution is 5.36. The van der Waals surface area contributed by atoms with Crippen LogP contribution in [0.15, 0.2) is 30.5 Å². The molecule has 0 saturated heterocycles. The maximum Gasteiger partial charge on any atom is 0.148 e. The number of benzene rings is 1. The van der Waals surface area contributed by atoms with Crippen molar-refractivity contribution in [3.8, 4) is 5.69 Å². The van der Waals surface area contributed by atoms with Gasteiger partial charge in [0.05, 0.1) is 6.20 Å². The van der Waals surface area contributed by atoms with E-state index in [0.717, 1.165) is 17.7 Å². The second kappa shape index (κ2) is 4.45. The van der Waals surface area contributed by atoms with Gasteiger partial charge in [-0.25, -0.2) is 9.07 Å². The van der Waals surface area contributed by atoms with Gasteiger partial charge in [-0.15, -0.1) is 0 Å². The van der Waals surface area contributed by atoms with Crippen LogP contribution in [0.2, 0.25) is 0 Å². The molecule has 3 nitrogen and oxygen atoms in total. The molecule has 2 rings (SSSR count). The van der Waals surface area contributed by atoms with Crippen LogP contribution < -0.4 is 5.73 Å². The Labute approximate surface area is 93.7 Å². The zero-order valence-corrected chi connectivity index (χ0v) is 9.15. The van der Waals surface area contributed by atoms with E-state index in [9.17, 15) is 4.39 Å². The Bertz CT molecular complexity index is 491. The summed E-state index contributed by atoms with van der Waals surface area (Å²) in [5, 5.41) is 4.19. The van der Waals surface area contributed by atoms with Crippen molar-refractivity contribution in [3.63, 3.8) is 0 Å². The number of hydrogen-bond donors (Lipinski definition) is 1. The highest BCUT2D eigenvalue weighted by Gasteiger charge is 2.11. The summed E-state index contributed by atoms with van der Waals surface area (Å²) in [6.07, 6.45) is 2.48. The third-order valence-corrected chi connectivity index (χ3v) is 2.59. The SMILES string of the molecule is CCc1c(CN)cnn1-c1ccccc1F. The predicted molar refractivity (Wildman–Crippen MR) is 60.8 cm³/mol. The molecule has 0 atom stereocenters. The summed E-state index contributed by atoms with van der Waals surface area (Å²) in [6, 6.07) is 6.60. The first-order valence-electron chi connectivity index (χ1n) is 5.28. The van der Waals surface area contributed by atoms with Crippen molar-refractivity contribution >= 4 is 0 Å². The number of nitrogens with zero attached hydrogens (tertiary/aromatic N) is 2. The lowest BCUT2D eigenvalue weighted by Gasteiger charge is -2.07. The molecule has 1 aromatic heterocycles. The van der Waals surface area contributed by atoms with Gasteiger partial charge in [0.1, 0.15) is 11.5 Å². The number of hydrogen-bond acceptors (Lipinski definition) is 2. The van der Waals surface area contributed by atoms with Crippen LogP contribution in [0.3, 0.4) is 0 Å². The summed E-state index contributed by atoms with van der Waals surface area (Å²) >= 11 is 0. The standard InChI is InChI=1S/C12H14FN3/c1-2-11-9(7-14)8-15-16(11)12-6-4-3-5-10(12)13/h3-6,8H,2,7,14H2,1H3. The van der Waals surface area contributed by atoms with Crippen LogP contribution in [-0.2, 0) is 13.0 Å². The van der Waals surface area contributed by atoms with Gasteiger partial charge < -0.3 is 5.73 Å². The second-order valence-corrected chi connectivity index (χ2v) is 3.54. The van der Waals surface area contributed by atoms with E-state index in [1.165, 1.54) is 6.07 Å². The summed E-state index contributed by atoms with van der Waals surface area (Å²) in [6.45, 7) is 2.44. The topological polar surface area (TPSA) is 43.8 Å². The Hall–Kier alpha value is -1.68. The maximum absolute atomic E-state index is 13.6. The molecule has 0 amide bonds. The van der Waals surface area contributed by atoms with E-state index < -0.39 is 0 Å². The summed E-state index contributed by atoms with van der Waals surface area (Å²) < 4.78 is 15.2. The number of para-hydroxylation sites is 1. The van der Waals surface area contributed by atoms with Gasteiger partial charge in [-0.3, -0.25) is 0 Å². The van der Waals surface area contributed by atoms with Crippen molar-refractivity contribution in [1.82, 2.24) is 9.78 Å². The fourth-order valence-electron chi connectivity index (χ4n) is 1.79. The molecule has 0 bridgehead atoms. The second-order valence-electron chi connectivity index (χ2n) is 3.54. The Balaban J connectivity index is 2.56. The van der Waals surface area contributed by atoms with Crippen molar-refractivity contribution in [2.75, 3.05) is 0 Å². The molecule has 0 unspecified atom stereocenters. The molecule has 16 heavy (non-hydrogen) atoms. The number of nitrogens with two attached hydrogens (primary N) is 1. The minimum atomic E-state index is -0.274. The average molecular weight is 219 g/mol. The molecule has 0 saturated carbocycles. The smallest absolute Gasteiger partial charge is 0.148 e. The lowest BCUT2D eigenvalue weighted by atomic mass is 10.2. The van der Waals surface area contributed by atoms with E-state index in [2.05, 4.69) is 5.10 Å². The normalized spacial score (nSPS) is 10.7. The van der Waals surface area contributed by atoms with Crippen LogP contribution in [0.4, 0.5) is 4.39 Å². The highest BCUT2D eigenvalue weighted by atomic mass is 19.1. The van der Waals surface area contributed by atoms with Gasteiger partial charge in [0.25, 0.3) is 0 Å². The van der Waals surface area contributed by atoms with Gasteiger partial charge in [-0.05, 0) is 18.6 Å². The van der Waals surface area contributed by atoms with E-state index in [0.29, 0.717) is 12.2 Å². The van der Waals surface area contributed by atoms with E-state index in [1.807, 2.05) is 6.92 Å². The maximum atomic E-state index is 13.6. The molecular weight excluding hydrogens is 205 g/mol. The van der Waals surface area contributed by atoms with Gasteiger partial charge in [0.15, 0.2) is 0 Å². The van der Waals surface area contributed by atoms with Gasteiger partial charge in [-0.2, -0.15) is 5.10 Å². The fourth-order valence-corrected chi connectivity index (χ4v) is 1.79. The third kappa shape index (κ3) is 1.72. The van der Waals surface area contributed by atoms with Crippen molar-refractivity contribution in [2.45, 2.75) is 19.9 Å².